The van der Waals surface area contributed by atoms with Gasteiger partial charge < -0.3 is 28.8 Å². The number of quaternary nitrogens is 1. The zero-order valence-corrected chi connectivity index (χ0v) is 41.1. The van der Waals surface area contributed by atoms with Crippen LogP contribution in [0.25, 0.3) is 0 Å². The summed E-state index contributed by atoms with van der Waals surface area (Å²) < 4.78 is 23.2. The number of unbranched alkanes of at least 4 members (excludes halogenated alkanes) is 29. The van der Waals surface area contributed by atoms with Crippen LogP contribution in [0, 0.1) is 0 Å². The first kappa shape index (κ1) is 58.7. The van der Waals surface area contributed by atoms with E-state index < -0.39 is 26.6 Å². The Morgan fingerprint density at radius 2 is 0.933 bits per heavy atom. The molecule has 0 fully saturated rings. The molecule has 3 unspecified atom stereocenters. The lowest BCUT2D eigenvalue weighted by Gasteiger charge is -2.29. The van der Waals surface area contributed by atoms with E-state index in [4.69, 9.17) is 9.05 Å². The van der Waals surface area contributed by atoms with Gasteiger partial charge in [-0.25, -0.2) is 0 Å². The smallest absolute Gasteiger partial charge is 0.268 e. The lowest BCUT2D eigenvalue weighted by molar-refractivity contribution is -0.870. The monoisotopic (exact) mass is 867 g/mol. The van der Waals surface area contributed by atoms with Crippen LogP contribution in [0.15, 0.2) is 36.5 Å². The molecule has 0 aromatic heterocycles. The molecule has 60 heavy (non-hydrogen) atoms. The van der Waals surface area contributed by atoms with Crippen molar-refractivity contribution in [2.45, 2.75) is 244 Å². The molecule has 2 N–H and O–H groups in total. The SMILES string of the molecule is CCCCCCC/C=C/CC/C=C/CC/C=C/C(O)C(COP(=O)([O-])OCC[N+](C)(C)C)NC(=O)CCCCCCCCCCCCCCCCCCCCCCCCC. The van der Waals surface area contributed by atoms with Crippen molar-refractivity contribution in [2.75, 3.05) is 40.9 Å². The highest BCUT2D eigenvalue weighted by Crippen LogP contribution is 2.38. The second-order valence-electron chi connectivity index (χ2n) is 18.5. The predicted octanol–water partition coefficient (Wildman–Crippen LogP) is 14.0. The van der Waals surface area contributed by atoms with Crippen LogP contribution in [0.3, 0.4) is 0 Å². The zero-order chi connectivity index (χ0) is 44.3. The fraction of sp³-hybridized carbons (Fsp3) is 0.863. The number of nitrogens with zero attached hydrogens (tertiary/aromatic N) is 1. The van der Waals surface area contributed by atoms with Gasteiger partial charge in [0.05, 0.1) is 39.9 Å². The Balaban J connectivity index is 4.28. The molecule has 0 bridgehead atoms. The molecule has 8 nitrogen and oxygen atoms in total. The Bertz CT molecular complexity index is 1070. The third-order valence-electron chi connectivity index (χ3n) is 11.3. The maximum atomic E-state index is 12.9. The maximum Gasteiger partial charge on any atom is 0.268 e. The molecule has 354 valence electrons. The number of amides is 1. The van der Waals surface area contributed by atoms with Crippen molar-refractivity contribution >= 4 is 13.7 Å². The number of carbonyl (C=O) groups excluding carboxylic acids is 1. The number of likely N-dealkylation sites (N-methyl/N-ethyl adjacent to an activating group) is 1. The fourth-order valence-electron chi connectivity index (χ4n) is 7.30. The lowest BCUT2D eigenvalue weighted by atomic mass is 10.0. The highest BCUT2D eigenvalue weighted by Gasteiger charge is 2.23. The molecule has 0 heterocycles. The van der Waals surface area contributed by atoms with E-state index in [1.54, 1.807) is 6.08 Å². The maximum absolute atomic E-state index is 12.9. The van der Waals surface area contributed by atoms with Gasteiger partial charge in [0, 0.05) is 6.42 Å². The largest absolute Gasteiger partial charge is 0.756 e. The van der Waals surface area contributed by atoms with E-state index in [9.17, 15) is 19.4 Å². The topological polar surface area (TPSA) is 108 Å². The van der Waals surface area contributed by atoms with Gasteiger partial charge >= 0.3 is 0 Å². The highest BCUT2D eigenvalue weighted by atomic mass is 31.2. The van der Waals surface area contributed by atoms with Crippen LogP contribution < -0.4 is 10.2 Å². The molecule has 3 atom stereocenters. The first-order chi connectivity index (χ1) is 29.0. The number of allylic oxidation sites excluding steroid dienone is 5. The molecule has 0 saturated carbocycles. The molecular weight excluding hydrogens is 768 g/mol. The molecule has 0 spiro atoms. The number of nitrogens with one attached hydrogen (secondary N) is 1. The van der Waals surface area contributed by atoms with E-state index in [0.717, 1.165) is 44.9 Å². The fourth-order valence-corrected chi connectivity index (χ4v) is 8.03. The number of aliphatic hydroxyl groups is 1. The van der Waals surface area contributed by atoms with Crippen LogP contribution in [0.1, 0.15) is 232 Å². The van der Waals surface area contributed by atoms with Gasteiger partial charge in [-0.05, 0) is 44.9 Å². The van der Waals surface area contributed by atoms with Gasteiger partial charge in [-0.3, -0.25) is 9.36 Å². The Morgan fingerprint density at radius 3 is 1.35 bits per heavy atom. The molecule has 0 aliphatic heterocycles. The quantitative estimate of drug-likeness (QED) is 0.0273. The standard InChI is InChI=1S/C51H99N2O6P/c1-6-8-10-12-14-16-18-20-22-23-24-25-26-27-28-29-31-33-35-37-39-41-43-45-51(55)52-49(48-59-60(56,57)58-47-46-53(3,4)5)50(54)44-42-40-38-36-34-32-30-21-19-17-15-13-11-9-7-2/h19,21,34,36,42,44,49-50,54H,6-18,20,22-33,35,37-41,43,45-48H2,1-5H3,(H-,52,55,56,57)/b21-19+,36-34+,44-42+. The van der Waals surface area contributed by atoms with Crippen molar-refractivity contribution in [3.05, 3.63) is 36.5 Å². The number of phosphoric ester groups is 1. The first-order valence-electron chi connectivity index (χ1n) is 25.4. The van der Waals surface area contributed by atoms with Gasteiger partial charge in [0.25, 0.3) is 7.82 Å². The van der Waals surface area contributed by atoms with Crippen LogP contribution in [0.2, 0.25) is 0 Å². The normalized spacial score (nSPS) is 14.4. The Hall–Kier alpha value is -1.28. The molecule has 0 radical (unpaired) electrons. The van der Waals surface area contributed by atoms with Crippen LogP contribution in [0.5, 0.6) is 0 Å². The van der Waals surface area contributed by atoms with E-state index in [0.29, 0.717) is 17.4 Å². The van der Waals surface area contributed by atoms with Gasteiger partial charge in [0.2, 0.25) is 5.91 Å². The summed E-state index contributed by atoms with van der Waals surface area (Å²) in [6, 6.07) is -0.906. The highest BCUT2D eigenvalue weighted by molar-refractivity contribution is 7.45. The number of carbonyl (C=O) groups is 1. The molecule has 0 aromatic carbocycles. The summed E-state index contributed by atoms with van der Waals surface area (Å²) in [6.45, 7) is 4.62. The van der Waals surface area contributed by atoms with E-state index in [-0.39, 0.29) is 12.5 Å². The zero-order valence-electron chi connectivity index (χ0n) is 40.2. The Kier molecular flexibility index (Phi) is 42.1. The number of hydrogen-bond donors (Lipinski definition) is 2. The summed E-state index contributed by atoms with van der Waals surface area (Å²) in [6.07, 6.45) is 53.5. The molecule has 0 saturated heterocycles. The van der Waals surface area contributed by atoms with Crippen LogP contribution in [-0.4, -0.2) is 68.5 Å². The number of rotatable bonds is 46. The minimum atomic E-state index is -4.60. The Morgan fingerprint density at radius 1 is 0.567 bits per heavy atom. The third kappa shape index (κ3) is 44.8. The average Bonchev–Trinajstić information content (AvgIpc) is 3.20. The van der Waals surface area contributed by atoms with Crippen molar-refractivity contribution in [2.24, 2.45) is 0 Å². The molecule has 0 aliphatic rings. The minimum absolute atomic E-state index is 0.00771. The van der Waals surface area contributed by atoms with Crippen molar-refractivity contribution in [3.8, 4) is 0 Å². The van der Waals surface area contributed by atoms with Gasteiger partial charge in [-0.1, -0.05) is 217 Å². The van der Waals surface area contributed by atoms with Gasteiger partial charge in [0.15, 0.2) is 0 Å². The van der Waals surface area contributed by atoms with E-state index in [1.165, 1.54) is 167 Å². The summed E-state index contributed by atoms with van der Waals surface area (Å²) in [5.41, 5.74) is 0. The van der Waals surface area contributed by atoms with Gasteiger partial charge in [-0.15, -0.1) is 0 Å². The first-order valence-corrected chi connectivity index (χ1v) is 26.8. The van der Waals surface area contributed by atoms with E-state index in [2.05, 4.69) is 43.5 Å². The summed E-state index contributed by atoms with van der Waals surface area (Å²) in [7, 11) is 1.24. The average molecular weight is 867 g/mol. The molecule has 0 aromatic rings. The van der Waals surface area contributed by atoms with Crippen molar-refractivity contribution in [3.63, 3.8) is 0 Å². The molecular formula is C51H99N2O6P. The van der Waals surface area contributed by atoms with Gasteiger partial charge in [-0.2, -0.15) is 0 Å². The number of phosphoric acid groups is 1. The second-order valence-corrected chi connectivity index (χ2v) is 19.9. The molecule has 0 rings (SSSR count). The third-order valence-corrected chi connectivity index (χ3v) is 12.3. The Labute approximate surface area is 372 Å². The summed E-state index contributed by atoms with van der Waals surface area (Å²) in [4.78, 5) is 25.4. The summed E-state index contributed by atoms with van der Waals surface area (Å²) in [5, 5.41) is 13.8. The number of aliphatic hydroxyl groups excluding tert-OH is 1. The van der Waals surface area contributed by atoms with Crippen LogP contribution in [0.4, 0.5) is 0 Å². The number of hydrogen-bond acceptors (Lipinski definition) is 6. The lowest BCUT2D eigenvalue weighted by Crippen LogP contribution is -2.45. The van der Waals surface area contributed by atoms with Crippen molar-refractivity contribution < 1.29 is 32.9 Å². The molecule has 0 aliphatic carbocycles. The minimum Gasteiger partial charge on any atom is -0.756 e. The second kappa shape index (κ2) is 43.0. The van der Waals surface area contributed by atoms with Crippen molar-refractivity contribution in [1.29, 1.82) is 0 Å². The van der Waals surface area contributed by atoms with E-state index >= 15 is 0 Å². The molecule has 1 amide bonds. The van der Waals surface area contributed by atoms with Crippen LogP contribution >= 0.6 is 7.82 Å². The molecule has 9 heteroatoms. The summed E-state index contributed by atoms with van der Waals surface area (Å²) >= 11 is 0. The van der Waals surface area contributed by atoms with Crippen LogP contribution in [-0.2, 0) is 18.4 Å². The van der Waals surface area contributed by atoms with E-state index in [1.807, 2.05) is 27.2 Å². The van der Waals surface area contributed by atoms with Gasteiger partial charge in [0.1, 0.15) is 13.2 Å². The summed E-state index contributed by atoms with van der Waals surface area (Å²) in [5.74, 6) is -0.209. The predicted molar refractivity (Wildman–Crippen MR) is 256 cm³/mol. The van der Waals surface area contributed by atoms with Crippen molar-refractivity contribution in [1.82, 2.24) is 5.32 Å².